The van der Waals surface area contributed by atoms with Gasteiger partial charge in [-0.05, 0) is 41.5 Å². The minimum Gasteiger partial charge on any atom is -0.493 e. The molecule has 3 aromatic rings. The molecule has 0 aliphatic rings. The maximum absolute atomic E-state index is 12.8. The Hall–Kier alpha value is -4.00. The molecule has 0 amide bonds. The van der Waals surface area contributed by atoms with Crippen LogP contribution in [0.3, 0.4) is 0 Å². The van der Waals surface area contributed by atoms with Gasteiger partial charge in [-0.1, -0.05) is 30.3 Å². The molecule has 3 aromatic carbocycles. The molecule has 33 heavy (non-hydrogen) atoms. The van der Waals surface area contributed by atoms with Crippen LogP contribution in [-0.2, 0) is 17.8 Å². The number of carbonyl (C=O) groups excluding carboxylic acids is 2. The van der Waals surface area contributed by atoms with Crippen LogP contribution in [0.4, 0.5) is 0 Å². The summed E-state index contributed by atoms with van der Waals surface area (Å²) in [5, 5.41) is 0. The van der Waals surface area contributed by atoms with E-state index < -0.39 is 11.6 Å². The number of rotatable bonds is 11. The predicted octanol–water partition coefficient (Wildman–Crippen LogP) is 4.29. The molecule has 0 fully saturated rings. The first kappa shape index (κ1) is 23.7. The Morgan fingerprint density at radius 2 is 1.30 bits per heavy atom. The fourth-order valence-electron chi connectivity index (χ4n) is 3.33. The van der Waals surface area contributed by atoms with E-state index in [-0.39, 0.29) is 12.0 Å². The summed E-state index contributed by atoms with van der Waals surface area (Å²) in [5.41, 5.74) is 1.79. The minimum absolute atomic E-state index is 0.121. The Labute approximate surface area is 192 Å². The maximum atomic E-state index is 12.8. The van der Waals surface area contributed by atoms with Gasteiger partial charge in [0.25, 0.3) is 0 Å². The van der Waals surface area contributed by atoms with Crippen LogP contribution in [0, 0.1) is 0 Å². The van der Waals surface area contributed by atoms with Crippen molar-refractivity contribution in [2.45, 2.75) is 13.0 Å². The zero-order valence-electron chi connectivity index (χ0n) is 19.0. The molecule has 0 aliphatic heterocycles. The third-order valence-corrected chi connectivity index (χ3v) is 5.01. The average molecular weight is 450 g/mol. The first-order valence-corrected chi connectivity index (χ1v) is 10.2. The molecule has 0 heterocycles. The second-order valence-corrected chi connectivity index (χ2v) is 7.10. The highest BCUT2D eigenvalue weighted by Gasteiger charge is 2.21. The summed E-state index contributed by atoms with van der Waals surface area (Å²) in [7, 11) is 5.95. The van der Waals surface area contributed by atoms with Gasteiger partial charge in [0.2, 0.25) is 17.3 Å². The van der Waals surface area contributed by atoms with Gasteiger partial charge in [-0.25, -0.2) is 0 Å². The van der Waals surface area contributed by atoms with Crippen molar-refractivity contribution in [1.82, 2.24) is 0 Å². The number of ether oxygens (including phenoxy) is 5. The standard InChI is InChI=1S/C26H26O7/c1-29-22-15-19(10-11-21(22)33-16-17-8-6-5-7-9-17)25(28)20(27)12-18-13-23(30-2)26(32-4)24(14-18)31-3/h5-11,13-15H,12,16H2,1-4H3. The summed E-state index contributed by atoms with van der Waals surface area (Å²) < 4.78 is 27.1. The summed E-state index contributed by atoms with van der Waals surface area (Å²) in [5.74, 6) is 0.883. The normalized spacial score (nSPS) is 10.3. The highest BCUT2D eigenvalue weighted by molar-refractivity contribution is 6.44. The van der Waals surface area contributed by atoms with E-state index in [1.807, 2.05) is 30.3 Å². The summed E-state index contributed by atoms with van der Waals surface area (Å²) >= 11 is 0. The number of Topliss-reactive ketones (excluding diaryl/α,β-unsaturated/α-hetero) is 2. The molecular formula is C26H26O7. The number of hydrogen-bond donors (Lipinski definition) is 0. The van der Waals surface area contributed by atoms with E-state index in [1.54, 1.807) is 24.3 Å². The maximum Gasteiger partial charge on any atom is 0.229 e. The molecule has 0 atom stereocenters. The lowest BCUT2D eigenvalue weighted by atomic mass is 10.0. The third-order valence-electron chi connectivity index (χ3n) is 5.01. The summed E-state index contributed by atoms with van der Waals surface area (Å²) in [6.07, 6.45) is -0.121. The van der Waals surface area contributed by atoms with E-state index in [2.05, 4.69) is 0 Å². The van der Waals surface area contributed by atoms with E-state index in [1.165, 1.54) is 34.5 Å². The first-order valence-electron chi connectivity index (χ1n) is 10.2. The van der Waals surface area contributed by atoms with E-state index in [9.17, 15) is 9.59 Å². The van der Waals surface area contributed by atoms with Gasteiger partial charge in [0.05, 0.1) is 28.4 Å². The second kappa shape index (κ2) is 11.0. The van der Waals surface area contributed by atoms with Gasteiger partial charge in [-0.2, -0.15) is 0 Å². The second-order valence-electron chi connectivity index (χ2n) is 7.10. The SMILES string of the molecule is COc1cc(C(=O)C(=O)Cc2cc(OC)c(OC)c(OC)c2)ccc1OCc1ccccc1. The van der Waals surface area contributed by atoms with Crippen LogP contribution in [0.15, 0.2) is 60.7 Å². The zero-order chi connectivity index (χ0) is 23.8. The third kappa shape index (κ3) is 5.63. The molecular weight excluding hydrogens is 424 g/mol. The quantitative estimate of drug-likeness (QED) is 0.318. The summed E-state index contributed by atoms with van der Waals surface area (Å²) in [4.78, 5) is 25.5. The molecule has 0 saturated carbocycles. The molecule has 0 aliphatic carbocycles. The number of hydrogen-bond acceptors (Lipinski definition) is 7. The molecule has 0 radical (unpaired) electrons. The lowest BCUT2D eigenvalue weighted by Gasteiger charge is -2.14. The Morgan fingerprint density at radius 1 is 0.667 bits per heavy atom. The Morgan fingerprint density at radius 3 is 1.88 bits per heavy atom. The Kier molecular flexibility index (Phi) is 7.91. The van der Waals surface area contributed by atoms with Gasteiger partial charge in [-0.15, -0.1) is 0 Å². The van der Waals surface area contributed by atoms with Crippen molar-refractivity contribution in [3.05, 3.63) is 77.4 Å². The average Bonchev–Trinajstić information content (AvgIpc) is 2.86. The molecule has 7 nitrogen and oxygen atoms in total. The van der Waals surface area contributed by atoms with Crippen LogP contribution in [0.2, 0.25) is 0 Å². The highest BCUT2D eigenvalue weighted by Crippen LogP contribution is 2.38. The van der Waals surface area contributed by atoms with E-state index in [0.29, 0.717) is 40.9 Å². The Balaban J connectivity index is 1.75. The van der Waals surface area contributed by atoms with Gasteiger partial charge in [0.1, 0.15) is 6.61 Å². The molecule has 0 bridgehead atoms. The van der Waals surface area contributed by atoms with Gasteiger partial charge in [-0.3, -0.25) is 9.59 Å². The molecule has 7 heteroatoms. The van der Waals surface area contributed by atoms with E-state index >= 15 is 0 Å². The summed E-state index contributed by atoms with van der Waals surface area (Å²) in [6, 6.07) is 17.7. The molecule has 0 N–H and O–H groups in total. The van der Waals surface area contributed by atoms with Gasteiger partial charge >= 0.3 is 0 Å². The molecule has 0 saturated heterocycles. The molecule has 3 rings (SSSR count). The Bertz CT molecular complexity index is 1100. The minimum atomic E-state index is -0.628. The molecule has 0 unspecified atom stereocenters. The fraction of sp³-hybridized carbons (Fsp3) is 0.231. The first-order chi connectivity index (χ1) is 16.0. The molecule has 0 spiro atoms. The van der Waals surface area contributed by atoms with Crippen molar-refractivity contribution in [2.24, 2.45) is 0 Å². The van der Waals surface area contributed by atoms with Crippen LogP contribution < -0.4 is 23.7 Å². The van der Waals surface area contributed by atoms with Gasteiger partial charge in [0, 0.05) is 12.0 Å². The van der Waals surface area contributed by atoms with Crippen LogP contribution >= 0.6 is 0 Å². The lowest BCUT2D eigenvalue weighted by molar-refractivity contribution is -0.114. The topological polar surface area (TPSA) is 80.3 Å². The van der Waals surface area contributed by atoms with Crippen molar-refractivity contribution < 1.29 is 33.3 Å². The zero-order valence-corrected chi connectivity index (χ0v) is 19.0. The molecule has 0 aromatic heterocycles. The van der Waals surface area contributed by atoms with Gasteiger partial charge in [0.15, 0.2) is 23.0 Å². The molecule has 172 valence electrons. The fourth-order valence-corrected chi connectivity index (χ4v) is 3.33. The van der Waals surface area contributed by atoms with Crippen LogP contribution in [0.1, 0.15) is 21.5 Å². The van der Waals surface area contributed by atoms with Crippen molar-refractivity contribution in [2.75, 3.05) is 28.4 Å². The van der Waals surface area contributed by atoms with Crippen molar-refractivity contribution in [1.29, 1.82) is 0 Å². The number of carbonyl (C=O) groups is 2. The highest BCUT2D eigenvalue weighted by atomic mass is 16.5. The van der Waals surface area contributed by atoms with Crippen LogP contribution in [0.5, 0.6) is 28.7 Å². The van der Waals surface area contributed by atoms with Crippen molar-refractivity contribution in [3.8, 4) is 28.7 Å². The summed E-state index contributed by atoms with van der Waals surface area (Å²) in [6.45, 7) is 0.352. The largest absolute Gasteiger partial charge is 0.493 e. The van der Waals surface area contributed by atoms with Crippen LogP contribution in [0.25, 0.3) is 0 Å². The van der Waals surface area contributed by atoms with Crippen molar-refractivity contribution in [3.63, 3.8) is 0 Å². The van der Waals surface area contributed by atoms with E-state index in [4.69, 9.17) is 23.7 Å². The number of benzene rings is 3. The monoisotopic (exact) mass is 450 g/mol. The predicted molar refractivity (Wildman–Crippen MR) is 123 cm³/mol. The number of methoxy groups -OCH3 is 4. The smallest absolute Gasteiger partial charge is 0.229 e. The van der Waals surface area contributed by atoms with Crippen molar-refractivity contribution >= 4 is 11.6 Å². The lowest BCUT2D eigenvalue weighted by Crippen LogP contribution is -2.17. The van der Waals surface area contributed by atoms with E-state index in [0.717, 1.165) is 5.56 Å². The number of ketones is 2. The van der Waals surface area contributed by atoms with Crippen LogP contribution in [-0.4, -0.2) is 40.0 Å². The van der Waals surface area contributed by atoms with Gasteiger partial charge < -0.3 is 23.7 Å².